The third kappa shape index (κ3) is 4.48. The van der Waals surface area contributed by atoms with Gasteiger partial charge in [-0.3, -0.25) is 4.79 Å². The molecule has 138 valence electrons. The molecule has 4 nitrogen and oxygen atoms in total. The summed E-state index contributed by atoms with van der Waals surface area (Å²) in [5.74, 6) is 1.09. The monoisotopic (exact) mass is 365 g/mol. The van der Waals surface area contributed by atoms with E-state index < -0.39 is 0 Å². The second-order valence-corrected chi connectivity index (χ2v) is 7.48. The average Bonchev–Trinajstić information content (AvgIpc) is 2.99. The molecule has 1 aromatic carbocycles. The molecule has 3 rings (SSSR count). The molecule has 1 amide bonds. The first-order valence-electron chi connectivity index (χ1n) is 9.40. The molecule has 1 aromatic rings. The molecule has 5 heteroatoms. The number of ether oxygens (including phenoxy) is 2. The number of carbonyl (C=O) groups excluding carboxylic acids is 1. The van der Waals surface area contributed by atoms with E-state index in [1.54, 1.807) is 7.11 Å². The van der Waals surface area contributed by atoms with Gasteiger partial charge < -0.3 is 14.4 Å². The molecule has 1 saturated heterocycles. The molecule has 1 heterocycles. The standard InChI is InChI=1S/C20H28ClNO3/c1-24-12-13-25-19-9-5-8-18(21)17(19)14-15-10-11-22(20(15)23)16-6-3-2-4-7-16/h5,8-9,15-16H,2-4,6-7,10-14H2,1H3. The number of nitrogens with zero attached hydrogens (tertiary/aromatic N) is 1. The molecule has 0 bridgehead atoms. The fourth-order valence-electron chi connectivity index (χ4n) is 4.06. The Bertz CT molecular complexity index is 586. The lowest BCUT2D eigenvalue weighted by Crippen LogP contribution is -2.39. The zero-order valence-electron chi connectivity index (χ0n) is 15.0. The van der Waals surface area contributed by atoms with Gasteiger partial charge in [0, 0.05) is 36.2 Å². The molecule has 0 radical (unpaired) electrons. The summed E-state index contributed by atoms with van der Waals surface area (Å²) in [7, 11) is 1.65. The van der Waals surface area contributed by atoms with E-state index in [1.807, 2.05) is 18.2 Å². The average molecular weight is 366 g/mol. The number of likely N-dealkylation sites (tertiary alicyclic amines) is 1. The summed E-state index contributed by atoms with van der Waals surface area (Å²) >= 11 is 6.42. The smallest absolute Gasteiger partial charge is 0.226 e. The van der Waals surface area contributed by atoms with E-state index in [2.05, 4.69) is 4.90 Å². The predicted octanol–water partition coefficient (Wildman–Crippen LogP) is 4.09. The van der Waals surface area contributed by atoms with Gasteiger partial charge in [0.1, 0.15) is 12.4 Å². The first-order valence-corrected chi connectivity index (χ1v) is 9.78. The van der Waals surface area contributed by atoms with Crippen LogP contribution in [0, 0.1) is 5.92 Å². The van der Waals surface area contributed by atoms with Crippen LogP contribution in [0.25, 0.3) is 0 Å². The zero-order chi connectivity index (χ0) is 17.6. The van der Waals surface area contributed by atoms with Gasteiger partial charge in [-0.15, -0.1) is 0 Å². The summed E-state index contributed by atoms with van der Waals surface area (Å²) in [5.41, 5.74) is 0.948. The van der Waals surface area contributed by atoms with E-state index in [0.29, 0.717) is 36.6 Å². The van der Waals surface area contributed by atoms with Gasteiger partial charge in [-0.2, -0.15) is 0 Å². The van der Waals surface area contributed by atoms with Crippen molar-refractivity contribution in [2.24, 2.45) is 5.92 Å². The molecule has 0 N–H and O–H groups in total. The number of rotatable bonds is 7. The number of halogens is 1. The Kier molecular flexibility index (Phi) is 6.60. The number of hydrogen-bond acceptors (Lipinski definition) is 3. The Labute approximate surface area is 155 Å². The second-order valence-electron chi connectivity index (χ2n) is 7.07. The quantitative estimate of drug-likeness (QED) is 0.683. The molecule has 2 fully saturated rings. The summed E-state index contributed by atoms with van der Waals surface area (Å²) in [6.07, 6.45) is 7.71. The van der Waals surface area contributed by atoms with Gasteiger partial charge in [-0.25, -0.2) is 0 Å². The first kappa shape index (κ1) is 18.5. The van der Waals surface area contributed by atoms with Gasteiger partial charge in [0.25, 0.3) is 0 Å². The summed E-state index contributed by atoms with van der Waals surface area (Å²) < 4.78 is 10.9. The maximum Gasteiger partial charge on any atom is 0.226 e. The maximum atomic E-state index is 12.9. The van der Waals surface area contributed by atoms with Gasteiger partial charge >= 0.3 is 0 Å². The number of methoxy groups -OCH3 is 1. The molecule has 1 aliphatic heterocycles. The SMILES string of the molecule is COCCOc1cccc(Cl)c1CC1CCN(C2CCCCC2)C1=O. The second kappa shape index (κ2) is 8.91. The third-order valence-electron chi connectivity index (χ3n) is 5.44. The summed E-state index contributed by atoms with van der Waals surface area (Å²) in [4.78, 5) is 15.0. The highest BCUT2D eigenvalue weighted by atomic mass is 35.5. The summed E-state index contributed by atoms with van der Waals surface area (Å²) in [6, 6.07) is 6.14. The Morgan fingerprint density at radius 1 is 1.16 bits per heavy atom. The van der Waals surface area contributed by atoms with Gasteiger partial charge in [-0.1, -0.05) is 36.9 Å². The van der Waals surface area contributed by atoms with Gasteiger partial charge in [-0.05, 0) is 37.8 Å². The highest BCUT2D eigenvalue weighted by molar-refractivity contribution is 6.31. The van der Waals surface area contributed by atoms with Crippen LogP contribution in [0.4, 0.5) is 0 Å². The molecular weight excluding hydrogens is 338 g/mol. The van der Waals surface area contributed by atoms with Crippen LogP contribution in [0.1, 0.15) is 44.1 Å². The summed E-state index contributed by atoms with van der Waals surface area (Å²) in [6.45, 7) is 1.90. The largest absolute Gasteiger partial charge is 0.491 e. The first-order chi connectivity index (χ1) is 12.2. The van der Waals surface area contributed by atoms with Crippen LogP contribution in [0.5, 0.6) is 5.75 Å². The molecule has 1 aliphatic carbocycles. The van der Waals surface area contributed by atoms with Crippen LogP contribution >= 0.6 is 11.6 Å². The minimum atomic E-state index is 0.0200. The molecule has 2 aliphatic rings. The van der Waals surface area contributed by atoms with Crippen molar-refractivity contribution in [3.63, 3.8) is 0 Å². The predicted molar refractivity (Wildman–Crippen MR) is 99.2 cm³/mol. The Morgan fingerprint density at radius 2 is 1.96 bits per heavy atom. The van der Waals surface area contributed by atoms with Crippen molar-refractivity contribution < 1.29 is 14.3 Å². The van der Waals surface area contributed by atoms with Crippen molar-refractivity contribution >= 4 is 17.5 Å². The van der Waals surface area contributed by atoms with E-state index in [4.69, 9.17) is 21.1 Å². The van der Waals surface area contributed by atoms with E-state index >= 15 is 0 Å². The van der Waals surface area contributed by atoms with Crippen LogP contribution in [-0.4, -0.2) is 43.7 Å². The lowest BCUT2D eigenvalue weighted by Gasteiger charge is -2.31. The number of amides is 1. The summed E-state index contributed by atoms with van der Waals surface area (Å²) in [5, 5.41) is 0.679. The highest BCUT2D eigenvalue weighted by Gasteiger charge is 2.36. The third-order valence-corrected chi connectivity index (χ3v) is 5.79. The Hall–Kier alpha value is -1.26. The topological polar surface area (TPSA) is 38.8 Å². The number of carbonyl (C=O) groups is 1. The van der Waals surface area contributed by atoms with Crippen LogP contribution in [0.3, 0.4) is 0 Å². The van der Waals surface area contributed by atoms with Crippen molar-refractivity contribution in [1.29, 1.82) is 0 Å². The fourth-order valence-corrected chi connectivity index (χ4v) is 4.30. The molecule has 0 spiro atoms. The van der Waals surface area contributed by atoms with Gasteiger partial charge in [0.2, 0.25) is 5.91 Å². The fraction of sp³-hybridized carbons (Fsp3) is 0.650. The van der Waals surface area contributed by atoms with Crippen molar-refractivity contribution in [3.8, 4) is 5.75 Å². The van der Waals surface area contributed by atoms with E-state index in [1.165, 1.54) is 19.3 Å². The lowest BCUT2D eigenvalue weighted by molar-refractivity contribution is -0.133. The lowest BCUT2D eigenvalue weighted by atomic mass is 9.94. The molecule has 1 atom stereocenters. The van der Waals surface area contributed by atoms with E-state index in [0.717, 1.165) is 37.1 Å². The van der Waals surface area contributed by atoms with E-state index in [-0.39, 0.29) is 5.92 Å². The molecule has 25 heavy (non-hydrogen) atoms. The highest BCUT2D eigenvalue weighted by Crippen LogP contribution is 2.34. The van der Waals surface area contributed by atoms with E-state index in [9.17, 15) is 4.79 Å². The minimum absolute atomic E-state index is 0.0200. The maximum absolute atomic E-state index is 12.9. The normalized spacial score (nSPS) is 21.8. The Balaban J connectivity index is 1.67. The number of hydrogen-bond donors (Lipinski definition) is 0. The van der Waals surface area contributed by atoms with Crippen LogP contribution in [0.2, 0.25) is 5.02 Å². The van der Waals surface area contributed by atoms with Crippen molar-refractivity contribution in [1.82, 2.24) is 4.90 Å². The van der Waals surface area contributed by atoms with Crippen LogP contribution in [0.15, 0.2) is 18.2 Å². The molecule has 1 unspecified atom stereocenters. The van der Waals surface area contributed by atoms with Crippen LogP contribution in [-0.2, 0) is 16.0 Å². The van der Waals surface area contributed by atoms with Crippen molar-refractivity contribution in [2.75, 3.05) is 26.9 Å². The Morgan fingerprint density at radius 3 is 2.72 bits per heavy atom. The van der Waals surface area contributed by atoms with Crippen LogP contribution < -0.4 is 4.74 Å². The van der Waals surface area contributed by atoms with Crippen molar-refractivity contribution in [3.05, 3.63) is 28.8 Å². The minimum Gasteiger partial charge on any atom is -0.491 e. The molecular formula is C20H28ClNO3. The molecule has 1 saturated carbocycles. The van der Waals surface area contributed by atoms with Gasteiger partial charge in [0.15, 0.2) is 0 Å². The van der Waals surface area contributed by atoms with Crippen molar-refractivity contribution in [2.45, 2.75) is 51.0 Å². The molecule has 0 aromatic heterocycles. The zero-order valence-corrected chi connectivity index (χ0v) is 15.8. The number of benzene rings is 1. The van der Waals surface area contributed by atoms with Gasteiger partial charge in [0.05, 0.1) is 6.61 Å².